The van der Waals surface area contributed by atoms with Crippen LogP contribution in [0.15, 0.2) is 36.4 Å². The molecule has 0 radical (unpaired) electrons. The van der Waals surface area contributed by atoms with Crippen LogP contribution >= 0.6 is 0 Å². The average Bonchev–Trinajstić information content (AvgIpc) is 2.98. The summed E-state index contributed by atoms with van der Waals surface area (Å²) in [6, 6.07) is 11.6. The molecule has 0 spiro atoms. The number of piperidine rings is 1. The molecule has 1 fully saturated rings. The van der Waals surface area contributed by atoms with Crippen LogP contribution in [0.1, 0.15) is 47.9 Å². The Labute approximate surface area is 154 Å². The van der Waals surface area contributed by atoms with Gasteiger partial charge in [-0.2, -0.15) is 0 Å². The summed E-state index contributed by atoms with van der Waals surface area (Å²) in [6.45, 7) is 6.69. The van der Waals surface area contributed by atoms with Gasteiger partial charge in [0.2, 0.25) is 0 Å². The van der Waals surface area contributed by atoms with Crippen LogP contribution in [-0.2, 0) is 9.53 Å². The van der Waals surface area contributed by atoms with Gasteiger partial charge in [0.1, 0.15) is 0 Å². The van der Waals surface area contributed by atoms with Crippen molar-refractivity contribution < 1.29 is 14.3 Å². The van der Waals surface area contributed by atoms with Crippen molar-refractivity contribution in [3.8, 4) is 5.69 Å². The highest BCUT2D eigenvalue weighted by Crippen LogP contribution is 2.18. The molecule has 5 nitrogen and oxygen atoms in total. The lowest BCUT2D eigenvalue weighted by Crippen LogP contribution is -2.44. The minimum Gasteiger partial charge on any atom is -0.452 e. The van der Waals surface area contributed by atoms with Crippen LogP contribution in [0.5, 0.6) is 0 Å². The second-order valence-electron chi connectivity index (χ2n) is 7.01. The number of hydrogen-bond acceptors (Lipinski definition) is 3. The molecule has 138 valence electrons. The fraction of sp³-hybridized carbons (Fsp3) is 0.429. The summed E-state index contributed by atoms with van der Waals surface area (Å²) >= 11 is 0. The molecule has 2 aromatic rings. The first-order valence-corrected chi connectivity index (χ1v) is 9.19. The lowest BCUT2D eigenvalue weighted by Gasteiger charge is -2.33. The SMILES string of the molecule is Cc1ccc(C)n1-c1ccc(C(=O)OCC(=O)N2CCCC[C@@H]2C)cc1. The van der Waals surface area contributed by atoms with Gasteiger partial charge < -0.3 is 14.2 Å². The second-order valence-corrected chi connectivity index (χ2v) is 7.01. The summed E-state index contributed by atoms with van der Waals surface area (Å²) in [4.78, 5) is 26.3. The Balaban J connectivity index is 1.61. The fourth-order valence-electron chi connectivity index (χ4n) is 3.58. The predicted octanol–water partition coefficient (Wildman–Crippen LogP) is 3.65. The number of aryl methyl sites for hydroxylation is 2. The van der Waals surface area contributed by atoms with E-state index in [1.807, 2.05) is 37.8 Å². The molecular weight excluding hydrogens is 328 g/mol. The van der Waals surface area contributed by atoms with Crippen LogP contribution in [0.2, 0.25) is 0 Å². The van der Waals surface area contributed by atoms with Crippen LogP contribution < -0.4 is 0 Å². The molecule has 1 aromatic carbocycles. The molecule has 0 saturated carbocycles. The summed E-state index contributed by atoms with van der Waals surface area (Å²) in [7, 11) is 0. The summed E-state index contributed by atoms with van der Waals surface area (Å²) in [5.41, 5.74) is 3.73. The molecule has 2 heterocycles. The van der Waals surface area contributed by atoms with E-state index in [0.29, 0.717) is 5.56 Å². The predicted molar refractivity (Wildman–Crippen MR) is 101 cm³/mol. The van der Waals surface area contributed by atoms with Gasteiger partial charge in [-0.15, -0.1) is 0 Å². The normalized spacial score (nSPS) is 17.2. The van der Waals surface area contributed by atoms with Crippen LogP contribution in [0, 0.1) is 13.8 Å². The molecule has 3 rings (SSSR count). The lowest BCUT2D eigenvalue weighted by molar-refractivity contribution is -0.137. The van der Waals surface area contributed by atoms with Gasteiger partial charge in [-0.25, -0.2) is 4.79 Å². The van der Waals surface area contributed by atoms with E-state index >= 15 is 0 Å². The molecule has 5 heteroatoms. The monoisotopic (exact) mass is 354 g/mol. The van der Waals surface area contributed by atoms with Crippen molar-refractivity contribution in [3.05, 3.63) is 53.3 Å². The first kappa shape index (κ1) is 18.2. The first-order valence-electron chi connectivity index (χ1n) is 9.19. The lowest BCUT2D eigenvalue weighted by atomic mass is 10.0. The number of likely N-dealkylation sites (tertiary alicyclic amines) is 1. The molecule has 1 aromatic heterocycles. The molecule has 0 N–H and O–H groups in total. The maximum atomic E-state index is 12.3. The van der Waals surface area contributed by atoms with E-state index in [2.05, 4.69) is 16.7 Å². The number of esters is 1. The third-order valence-corrected chi connectivity index (χ3v) is 5.08. The van der Waals surface area contributed by atoms with Crippen molar-refractivity contribution in [1.29, 1.82) is 0 Å². The highest BCUT2D eigenvalue weighted by Gasteiger charge is 2.24. The maximum Gasteiger partial charge on any atom is 0.338 e. The van der Waals surface area contributed by atoms with E-state index in [9.17, 15) is 9.59 Å². The average molecular weight is 354 g/mol. The van der Waals surface area contributed by atoms with Crippen molar-refractivity contribution >= 4 is 11.9 Å². The maximum absolute atomic E-state index is 12.3. The van der Waals surface area contributed by atoms with Gasteiger partial charge in [0.15, 0.2) is 6.61 Å². The Morgan fingerprint density at radius 3 is 2.31 bits per heavy atom. The van der Waals surface area contributed by atoms with E-state index in [0.717, 1.165) is 42.9 Å². The van der Waals surface area contributed by atoms with Gasteiger partial charge in [0.25, 0.3) is 5.91 Å². The summed E-state index contributed by atoms with van der Waals surface area (Å²) < 4.78 is 7.35. The van der Waals surface area contributed by atoms with Crippen LogP contribution in [0.4, 0.5) is 0 Å². The van der Waals surface area contributed by atoms with E-state index < -0.39 is 5.97 Å². The number of ether oxygens (including phenoxy) is 1. The van der Waals surface area contributed by atoms with E-state index in [1.165, 1.54) is 0 Å². The Morgan fingerprint density at radius 2 is 1.69 bits per heavy atom. The van der Waals surface area contributed by atoms with Gasteiger partial charge in [-0.05, 0) is 76.4 Å². The molecule has 1 aliphatic rings. The quantitative estimate of drug-likeness (QED) is 0.788. The number of amides is 1. The van der Waals surface area contributed by atoms with E-state index in [-0.39, 0.29) is 18.6 Å². The number of carbonyl (C=O) groups excluding carboxylic acids is 2. The smallest absolute Gasteiger partial charge is 0.338 e. The van der Waals surface area contributed by atoms with Crippen LogP contribution in [0.25, 0.3) is 5.69 Å². The van der Waals surface area contributed by atoms with Crippen molar-refractivity contribution in [3.63, 3.8) is 0 Å². The minimum absolute atomic E-state index is 0.110. The number of aromatic nitrogens is 1. The molecule has 1 amide bonds. The van der Waals surface area contributed by atoms with Crippen molar-refractivity contribution in [2.45, 2.75) is 46.1 Å². The van der Waals surface area contributed by atoms with Gasteiger partial charge in [0.05, 0.1) is 5.56 Å². The minimum atomic E-state index is -0.462. The summed E-state index contributed by atoms with van der Waals surface area (Å²) in [5, 5.41) is 0. The highest BCUT2D eigenvalue weighted by molar-refractivity contribution is 5.91. The summed E-state index contributed by atoms with van der Waals surface area (Å²) in [6.07, 6.45) is 3.18. The van der Waals surface area contributed by atoms with Crippen molar-refractivity contribution in [1.82, 2.24) is 9.47 Å². The van der Waals surface area contributed by atoms with E-state index in [4.69, 9.17) is 4.74 Å². The van der Waals surface area contributed by atoms with Gasteiger partial charge in [-0.1, -0.05) is 0 Å². The Kier molecular flexibility index (Phi) is 5.45. The van der Waals surface area contributed by atoms with Gasteiger partial charge in [0, 0.05) is 29.7 Å². The number of hydrogen-bond donors (Lipinski definition) is 0. The van der Waals surface area contributed by atoms with Gasteiger partial charge >= 0.3 is 5.97 Å². The number of benzene rings is 1. The standard InChI is InChI=1S/C21H26N2O3/c1-15-6-4-5-13-22(15)20(24)14-26-21(25)18-9-11-19(12-10-18)23-16(2)7-8-17(23)3/h7-12,15H,4-6,13-14H2,1-3H3/t15-/m0/s1. The second kappa shape index (κ2) is 7.77. The number of nitrogens with zero attached hydrogens (tertiary/aromatic N) is 2. The van der Waals surface area contributed by atoms with Gasteiger partial charge in [-0.3, -0.25) is 4.79 Å². The van der Waals surface area contributed by atoms with Crippen LogP contribution in [-0.4, -0.2) is 40.5 Å². The largest absolute Gasteiger partial charge is 0.452 e. The molecule has 1 saturated heterocycles. The third-order valence-electron chi connectivity index (χ3n) is 5.08. The van der Waals surface area contributed by atoms with Crippen LogP contribution in [0.3, 0.4) is 0 Å². The Morgan fingerprint density at radius 1 is 1.04 bits per heavy atom. The topological polar surface area (TPSA) is 51.5 Å². The molecule has 0 aliphatic carbocycles. The molecule has 0 bridgehead atoms. The van der Waals surface area contributed by atoms with E-state index in [1.54, 1.807) is 12.1 Å². The number of rotatable bonds is 4. The molecule has 1 atom stereocenters. The molecule has 26 heavy (non-hydrogen) atoms. The third kappa shape index (κ3) is 3.82. The Hall–Kier alpha value is -2.56. The van der Waals surface area contributed by atoms with Crippen molar-refractivity contribution in [2.75, 3.05) is 13.2 Å². The zero-order valence-electron chi connectivity index (χ0n) is 15.7. The zero-order chi connectivity index (χ0) is 18.7. The Bertz CT molecular complexity index is 773. The first-order chi connectivity index (χ1) is 12.5. The zero-order valence-corrected chi connectivity index (χ0v) is 15.7. The highest BCUT2D eigenvalue weighted by atomic mass is 16.5. The summed E-state index contributed by atoms with van der Waals surface area (Å²) in [5.74, 6) is -0.573. The fourth-order valence-corrected chi connectivity index (χ4v) is 3.58. The molecule has 1 aliphatic heterocycles. The van der Waals surface area contributed by atoms with Crippen molar-refractivity contribution in [2.24, 2.45) is 0 Å². The molecular formula is C21H26N2O3. The number of carbonyl (C=O) groups is 2. The molecule has 0 unspecified atom stereocenters.